The molecule has 1 atom stereocenters. The largest absolute Gasteiger partial charge is 0.385 e. The SMILES string of the molecule is CCC(O)c1noc(C2CC(NC(=O)c3cc(-c4ccccc4)on3)C2)n1. The summed E-state index contributed by atoms with van der Waals surface area (Å²) in [5.74, 6) is 1.21. The van der Waals surface area contributed by atoms with Crippen molar-refractivity contribution in [3.63, 3.8) is 0 Å². The fourth-order valence-corrected chi connectivity index (χ4v) is 3.05. The summed E-state index contributed by atoms with van der Waals surface area (Å²) in [5.41, 5.74) is 1.12. The predicted octanol–water partition coefficient (Wildman–Crippen LogP) is 2.84. The highest BCUT2D eigenvalue weighted by atomic mass is 16.5. The van der Waals surface area contributed by atoms with E-state index in [1.807, 2.05) is 37.3 Å². The molecule has 27 heavy (non-hydrogen) atoms. The first-order chi connectivity index (χ1) is 13.1. The quantitative estimate of drug-likeness (QED) is 0.687. The summed E-state index contributed by atoms with van der Waals surface area (Å²) in [6, 6.07) is 11.2. The molecular formula is C19H20N4O4. The number of nitrogens with one attached hydrogen (secondary N) is 1. The number of hydrogen-bond donors (Lipinski definition) is 2. The minimum atomic E-state index is -0.705. The van der Waals surface area contributed by atoms with Crippen LogP contribution in [0.25, 0.3) is 11.3 Å². The van der Waals surface area contributed by atoms with Gasteiger partial charge in [-0.15, -0.1) is 0 Å². The highest BCUT2D eigenvalue weighted by molar-refractivity contribution is 5.93. The van der Waals surface area contributed by atoms with E-state index >= 15 is 0 Å². The predicted molar refractivity (Wildman–Crippen MR) is 94.7 cm³/mol. The number of carbonyl (C=O) groups excluding carboxylic acids is 1. The third-order valence-electron chi connectivity index (χ3n) is 4.77. The first kappa shape index (κ1) is 17.4. The average Bonchev–Trinajstić information content (AvgIpc) is 3.34. The Bertz CT molecular complexity index is 915. The molecule has 140 valence electrons. The Morgan fingerprint density at radius 2 is 2.04 bits per heavy atom. The number of amides is 1. The molecular weight excluding hydrogens is 348 g/mol. The summed E-state index contributed by atoms with van der Waals surface area (Å²) >= 11 is 0. The Morgan fingerprint density at radius 1 is 1.26 bits per heavy atom. The Hall–Kier alpha value is -3.00. The van der Waals surface area contributed by atoms with Crippen molar-refractivity contribution >= 4 is 5.91 Å². The topological polar surface area (TPSA) is 114 Å². The second-order valence-electron chi connectivity index (χ2n) is 6.70. The molecule has 1 aromatic carbocycles. The number of carbonyl (C=O) groups is 1. The van der Waals surface area contributed by atoms with E-state index in [2.05, 4.69) is 20.6 Å². The van der Waals surface area contributed by atoms with Crippen LogP contribution in [0, 0.1) is 0 Å². The van der Waals surface area contributed by atoms with Gasteiger partial charge in [-0.05, 0) is 19.3 Å². The van der Waals surface area contributed by atoms with Gasteiger partial charge in [-0.25, -0.2) is 0 Å². The number of aliphatic hydroxyl groups is 1. The molecule has 2 N–H and O–H groups in total. The van der Waals surface area contributed by atoms with Crippen LogP contribution in [-0.2, 0) is 0 Å². The van der Waals surface area contributed by atoms with E-state index < -0.39 is 6.10 Å². The first-order valence-corrected chi connectivity index (χ1v) is 8.98. The number of hydrogen-bond acceptors (Lipinski definition) is 7. The summed E-state index contributed by atoms with van der Waals surface area (Å²) in [4.78, 5) is 16.6. The summed E-state index contributed by atoms with van der Waals surface area (Å²) < 4.78 is 10.5. The zero-order valence-electron chi connectivity index (χ0n) is 14.8. The summed E-state index contributed by atoms with van der Waals surface area (Å²) in [6.07, 6.45) is 1.24. The van der Waals surface area contributed by atoms with Crippen LogP contribution < -0.4 is 5.32 Å². The van der Waals surface area contributed by atoms with Crippen molar-refractivity contribution in [3.05, 3.63) is 53.8 Å². The maximum absolute atomic E-state index is 12.3. The number of aliphatic hydroxyl groups excluding tert-OH is 1. The first-order valence-electron chi connectivity index (χ1n) is 8.98. The maximum Gasteiger partial charge on any atom is 0.273 e. The fraction of sp³-hybridized carbons (Fsp3) is 0.368. The molecule has 1 aliphatic carbocycles. The minimum absolute atomic E-state index is 0.0193. The molecule has 0 bridgehead atoms. The molecule has 1 unspecified atom stereocenters. The van der Waals surface area contributed by atoms with Crippen LogP contribution in [0.3, 0.4) is 0 Å². The molecule has 2 heterocycles. The zero-order valence-corrected chi connectivity index (χ0v) is 14.8. The van der Waals surface area contributed by atoms with E-state index in [1.165, 1.54) is 0 Å². The van der Waals surface area contributed by atoms with Crippen molar-refractivity contribution in [1.29, 1.82) is 0 Å². The van der Waals surface area contributed by atoms with Crippen LogP contribution in [0.1, 0.15) is 60.4 Å². The second kappa shape index (κ2) is 7.32. The zero-order chi connectivity index (χ0) is 18.8. The smallest absolute Gasteiger partial charge is 0.273 e. The van der Waals surface area contributed by atoms with Gasteiger partial charge in [0, 0.05) is 23.6 Å². The van der Waals surface area contributed by atoms with Gasteiger partial charge < -0.3 is 19.5 Å². The standard InChI is InChI=1S/C19H20N4O4/c1-2-15(24)17-21-19(27-23-17)12-8-13(9-12)20-18(25)14-10-16(26-22-14)11-6-4-3-5-7-11/h3-7,10,12-13,15,24H,2,8-9H2,1H3,(H,20,25). The molecule has 1 aliphatic rings. The Morgan fingerprint density at radius 3 is 2.78 bits per heavy atom. The lowest BCUT2D eigenvalue weighted by Gasteiger charge is -2.33. The lowest BCUT2D eigenvalue weighted by molar-refractivity contribution is 0.0892. The van der Waals surface area contributed by atoms with Crippen molar-refractivity contribution in [2.45, 2.75) is 44.2 Å². The van der Waals surface area contributed by atoms with Gasteiger partial charge in [-0.3, -0.25) is 4.79 Å². The van der Waals surface area contributed by atoms with Gasteiger partial charge >= 0.3 is 0 Å². The lowest BCUT2D eigenvalue weighted by atomic mass is 9.80. The van der Waals surface area contributed by atoms with Crippen molar-refractivity contribution in [3.8, 4) is 11.3 Å². The fourth-order valence-electron chi connectivity index (χ4n) is 3.05. The molecule has 0 aliphatic heterocycles. The minimum Gasteiger partial charge on any atom is -0.385 e. The molecule has 8 heteroatoms. The van der Waals surface area contributed by atoms with Crippen LogP contribution in [0.15, 0.2) is 45.4 Å². The van der Waals surface area contributed by atoms with Crippen LogP contribution in [0.2, 0.25) is 0 Å². The molecule has 0 spiro atoms. The van der Waals surface area contributed by atoms with Crippen LogP contribution in [0.5, 0.6) is 0 Å². The Kier molecular flexibility index (Phi) is 4.72. The van der Waals surface area contributed by atoms with E-state index in [9.17, 15) is 9.90 Å². The molecule has 1 saturated carbocycles. The van der Waals surface area contributed by atoms with E-state index in [0.717, 1.165) is 5.56 Å². The third kappa shape index (κ3) is 3.61. The van der Waals surface area contributed by atoms with Crippen molar-refractivity contribution in [1.82, 2.24) is 20.6 Å². The van der Waals surface area contributed by atoms with Crippen LogP contribution in [-0.4, -0.2) is 32.4 Å². The molecule has 1 amide bonds. The highest BCUT2D eigenvalue weighted by Crippen LogP contribution is 2.36. The normalized spacial score (nSPS) is 20.1. The molecule has 0 saturated heterocycles. The molecule has 1 fully saturated rings. The van der Waals surface area contributed by atoms with E-state index in [4.69, 9.17) is 9.05 Å². The number of aromatic nitrogens is 3. The van der Waals surface area contributed by atoms with Gasteiger partial charge in [0.15, 0.2) is 17.3 Å². The molecule has 3 aromatic rings. The average molecular weight is 368 g/mol. The molecule has 0 radical (unpaired) electrons. The van der Waals surface area contributed by atoms with Crippen LogP contribution in [0.4, 0.5) is 0 Å². The van der Waals surface area contributed by atoms with Gasteiger partial charge in [0.05, 0.1) is 0 Å². The van der Waals surface area contributed by atoms with Gasteiger partial charge in [0.2, 0.25) is 5.89 Å². The number of rotatable bonds is 6. The number of benzene rings is 1. The summed E-state index contributed by atoms with van der Waals surface area (Å²) in [5, 5.41) is 20.3. The Labute approximate surface area is 155 Å². The molecule has 4 rings (SSSR count). The van der Waals surface area contributed by atoms with E-state index in [-0.39, 0.29) is 23.6 Å². The second-order valence-corrected chi connectivity index (χ2v) is 6.70. The van der Waals surface area contributed by atoms with Crippen LogP contribution >= 0.6 is 0 Å². The highest BCUT2D eigenvalue weighted by Gasteiger charge is 2.36. The summed E-state index contributed by atoms with van der Waals surface area (Å²) in [7, 11) is 0. The van der Waals surface area contributed by atoms with Gasteiger partial charge in [0.25, 0.3) is 5.91 Å². The van der Waals surface area contributed by atoms with E-state index in [0.29, 0.717) is 36.7 Å². The van der Waals surface area contributed by atoms with Gasteiger partial charge in [0.1, 0.15) is 6.10 Å². The van der Waals surface area contributed by atoms with Gasteiger partial charge in [-0.1, -0.05) is 47.6 Å². The monoisotopic (exact) mass is 368 g/mol. The molecule has 8 nitrogen and oxygen atoms in total. The Balaban J connectivity index is 1.32. The molecule has 2 aromatic heterocycles. The van der Waals surface area contributed by atoms with E-state index in [1.54, 1.807) is 6.07 Å². The summed E-state index contributed by atoms with van der Waals surface area (Å²) in [6.45, 7) is 1.85. The van der Waals surface area contributed by atoms with Crippen molar-refractivity contribution < 1.29 is 18.9 Å². The lowest BCUT2D eigenvalue weighted by Crippen LogP contribution is -2.43. The third-order valence-corrected chi connectivity index (χ3v) is 4.77. The number of nitrogens with zero attached hydrogens (tertiary/aromatic N) is 3. The van der Waals surface area contributed by atoms with Crippen molar-refractivity contribution in [2.75, 3.05) is 0 Å². The van der Waals surface area contributed by atoms with Crippen molar-refractivity contribution in [2.24, 2.45) is 0 Å². The maximum atomic E-state index is 12.3. The van der Waals surface area contributed by atoms with Gasteiger partial charge in [-0.2, -0.15) is 4.98 Å².